The molecule has 1 aromatic carbocycles. The number of amides is 1. The molecule has 8 nitrogen and oxygen atoms in total. The first-order valence-electron chi connectivity index (χ1n) is 8.19. The summed E-state index contributed by atoms with van der Waals surface area (Å²) in [6.07, 6.45) is 1.45. The van der Waals surface area contributed by atoms with E-state index in [4.69, 9.17) is 10.8 Å². The van der Waals surface area contributed by atoms with Crippen molar-refractivity contribution in [1.82, 2.24) is 14.8 Å². The Kier molecular flexibility index (Phi) is 5.56. The van der Waals surface area contributed by atoms with Crippen LogP contribution in [0.25, 0.3) is 10.6 Å². The minimum atomic E-state index is -0.791. The number of aliphatic hydroxyl groups excluding tert-OH is 1. The van der Waals surface area contributed by atoms with Gasteiger partial charge in [0.15, 0.2) is 11.5 Å². The van der Waals surface area contributed by atoms with Gasteiger partial charge in [-0.1, -0.05) is 17.4 Å². The molecular formula is C17H18F2N6O2S. The molecule has 1 amide bonds. The van der Waals surface area contributed by atoms with Crippen LogP contribution in [0.1, 0.15) is 10.5 Å². The number of rotatable bonds is 6. The Morgan fingerprint density at radius 2 is 2.07 bits per heavy atom. The van der Waals surface area contributed by atoms with Crippen molar-refractivity contribution in [3.05, 3.63) is 41.7 Å². The fraction of sp³-hybridized carbons (Fsp3) is 0.235. The molecule has 11 heteroatoms. The molecule has 0 aliphatic rings. The van der Waals surface area contributed by atoms with Crippen LogP contribution in [0, 0.1) is 11.6 Å². The van der Waals surface area contributed by atoms with E-state index < -0.39 is 17.5 Å². The van der Waals surface area contributed by atoms with Crippen LogP contribution in [-0.2, 0) is 7.05 Å². The molecule has 0 saturated carbocycles. The number of nitrogens with one attached hydrogen (secondary N) is 1. The largest absolute Gasteiger partial charge is 0.395 e. The summed E-state index contributed by atoms with van der Waals surface area (Å²) >= 11 is 0.820. The predicted molar refractivity (Wildman–Crippen MR) is 103 cm³/mol. The van der Waals surface area contributed by atoms with Gasteiger partial charge in [0.05, 0.1) is 18.4 Å². The zero-order valence-electron chi connectivity index (χ0n) is 15.1. The number of hydrogen-bond acceptors (Lipinski definition) is 7. The van der Waals surface area contributed by atoms with E-state index in [1.54, 1.807) is 19.0 Å². The van der Waals surface area contributed by atoms with Crippen molar-refractivity contribution >= 4 is 33.8 Å². The highest BCUT2D eigenvalue weighted by molar-refractivity contribution is 7.19. The highest BCUT2D eigenvalue weighted by Gasteiger charge is 2.23. The maximum atomic E-state index is 14.0. The molecule has 0 aliphatic heterocycles. The van der Waals surface area contributed by atoms with Crippen LogP contribution >= 0.6 is 11.3 Å². The predicted octanol–water partition coefficient (Wildman–Crippen LogP) is 2.08. The Morgan fingerprint density at radius 3 is 2.71 bits per heavy atom. The number of aromatic nitrogens is 3. The number of benzene rings is 1. The van der Waals surface area contributed by atoms with E-state index in [9.17, 15) is 13.6 Å². The lowest BCUT2D eigenvalue weighted by molar-refractivity contribution is 0.102. The van der Waals surface area contributed by atoms with Gasteiger partial charge in [-0.3, -0.25) is 9.48 Å². The summed E-state index contributed by atoms with van der Waals surface area (Å²) in [5.74, 6) is -1.65. The van der Waals surface area contributed by atoms with Crippen LogP contribution in [0.5, 0.6) is 0 Å². The SMILES string of the molecule is CN(CCO)c1c(NC(=O)c2nc(-c3c(F)cccc3F)sc2N)cnn1C. The quantitative estimate of drug-likeness (QED) is 0.576. The summed E-state index contributed by atoms with van der Waals surface area (Å²) in [4.78, 5) is 18.4. The number of carbonyl (C=O) groups is 1. The number of hydrogen-bond donors (Lipinski definition) is 3. The van der Waals surface area contributed by atoms with Gasteiger partial charge in [-0.05, 0) is 12.1 Å². The van der Waals surface area contributed by atoms with Crippen molar-refractivity contribution in [2.75, 3.05) is 36.1 Å². The van der Waals surface area contributed by atoms with Gasteiger partial charge in [-0.25, -0.2) is 13.8 Å². The first-order valence-corrected chi connectivity index (χ1v) is 9.01. The van der Waals surface area contributed by atoms with Crippen LogP contribution in [-0.4, -0.2) is 46.0 Å². The van der Waals surface area contributed by atoms with Gasteiger partial charge in [0, 0.05) is 20.6 Å². The second-order valence-electron chi connectivity index (χ2n) is 5.93. The first kappa shape index (κ1) is 19.7. The number of thiazole rings is 1. The van der Waals surface area contributed by atoms with E-state index in [0.29, 0.717) is 18.1 Å². The van der Waals surface area contributed by atoms with Gasteiger partial charge >= 0.3 is 0 Å². The zero-order valence-corrected chi connectivity index (χ0v) is 15.9. The topological polar surface area (TPSA) is 109 Å². The smallest absolute Gasteiger partial charge is 0.277 e. The van der Waals surface area contributed by atoms with E-state index >= 15 is 0 Å². The number of likely N-dealkylation sites (N-methyl/N-ethyl adjacent to an activating group) is 1. The second-order valence-corrected chi connectivity index (χ2v) is 6.96. The number of nitrogen functional groups attached to an aromatic ring is 1. The number of aliphatic hydroxyl groups is 1. The number of aryl methyl sites for hydroxylation is 1. The van der Waals surface area contributed by atoms with Crippen molar-refractivity contribution in [1.29, 1.82) is 0 Å². The lowest BCUT2D eigenvalue weighted by Crippen LogP contribution is -2.25. The van der Waals surface area contributed by atoms with Gasteiger partial charge in [0.2, 0.25) is 0 Å². The Hall–Kier alpha value is -3.05. The monoisotopic (exact) mass is 408 g/mol. The normalized spacial score (nSPS) is 10.9. The molecule has 0 fully saturated rings. The van der Waals surface area contributed by atoms with Crippen LogP contribution in [0.15, 0.2) is 24.4 Å². The molecule has 3 aromatic rings. The van der Waals surface area contributed by atoms with Crippen molar-refractivity contribution < 1.29 is 18.7 Å². The molecule has 0 saturated heterocycles. The van der Waals surface area contributed by atoms with E-state index in [2.05, 4.69) is 15.4 Å². The molecule has 0 spiro atoms. The highest BCUT2D eigenvalue weighted by atomic mass is 32.1. The Labute approximate surface area is 163 Å². The number of anilines is 3. The molecule has 28 heavy (non-hydrogen) atoms. The molecular weight excluding hydrogens is 390 g/mol. The molecule has 148 valence electrons. The Balaban J connectivity index is 1.90. The summed E-state index contributed by atoms with van der Waals surface area (Å²) in [6, 6.07) is 3.45. The van der Waals surface area contributed by atoms with Crippen LogP contribution < -0.4 is 16.0 Å². The van der Waals surface area contributed by atoms with E-state index in [-0.39, 0.29) is 27.9 Å². The van der Waals surface area contributed by atoms with Gasteiger partial charge < -0.3 is 21.1 Å². The molecule has 0 unspecified atom stereocenters. The number of nitrogens with zero attached hydrogens (tertiary/aromatic N) is 4. The van der Waals surface area contributed by atoms with E-state index in [1.165, 1.54) is 16.9 Å². The number of carbonyl (C=O) groups excluding carboxylic acids is 1. The van der Waals surface area contributed by atoms with Gasteiger partial charge in [-0.2, -0.15) is 5.10 Å². The standard InChI is InChI=1S/C17H18F2N6O2S/c1-24(6-7-26)17-11(8-21-25(17)2)22-15(27)13-14(20)28-16(23-13)12-9(18)4-3-5-10(12)19/h3-5,8,26H,6-7,20H2,1-2H3,(H,22,27). The minimum absolute atomic E-state index is 0.0259. The fourth-order valence-electron chi connectivity index (χ4n) is 2.71. The summed E-state index contributed by atoms with van der Waals surface area (Å²) in [5.41, 5.74) is 5.79. The average Bonchev–Trinajstić information content (AvgIpc) is 3.18. The molecule has 0 radical (unpaired) electrons. The minimum Gasteiger partial charge on any atom is -0.395 e. The van der Waals surface area contributed by atoms with Crippen molar-refractivity contribution in [2.45, 2.75) is 0 Å². The maximum absolute atomic E-state index is 14.0. The van der Waals surface area contributed by atoms with Crippen molar-refractivity contribution in [2.24, 2.45) is 7.05 Å². The van der Waals surface area contributed by atoms with Gasteiger partial charge in [0.1, 0.15) is 27.3 Å². The second kappa shape index (κ2) is 7.90. The molecule has 4 N–H and O–H groups in total. The van der Waals surface area contributed by atoms with Gasteiger partial charge in [-0.15, -0.1) is 0 Å². The zero-order chi connectivity index (χ0) is 20.4. The average molecular weight is 408 g/mol. The number of nitrogens with two attached hydrogens (primary N) is 1. The Bertz CT molecular complexity index is 999. The van der Waals surface area contributed by atoms with E-state index in [1.807, 2.05) is 0 Å². The third kappa shape index (κ3) is 3.66. The highest BCUT2D eigenvalue weighted by Crippen LogP contribution is 2.34. The molecule has 2 heterocycles. The summed E-state index contributed by atoms with van der Waals surface area (Å²) in [7, 11) is 3.42. The molecule has 0 bridgehead atoms. The summed E-state index contributed by atoms with van der Waals surface area (Å²) < 4.78 is 29.5. The van der Waals surface area contributed by atoms with E-state index in [0.717, 1.165) is 23.5 Å². The number of halogens is 2. The maximum Gasteiger partial charge on any atom is 0.277 e. The van der Waals surface area contributed by atoms with Gasteiger partial charge in [0.25, 0.3) is 5.91 Å². The first-order chi connectivity index (χ1) is 13.3. The third-order valence-corrected chi connectivity index (χ3v) is 4.90. The molecule has 0 atom stereocenters. The third-order valence-electron chi connectivity index (χ3n) is 4.00. The summed E-state index contributed by atoms with van der Waals surface area (Å²) in [5, 5.41) is 15.9. The van der Waals surface area contributed by atoms with Crippen LogP contribution in [0.4, 0.5) is 25.3 Å². The lowest BCUT2D eigenvalue weighted by Gasteiger charge is -2.19. The molecule has 0 aliphatic carbocycles. The lowest BCUT2D eigenvalue weighted by atomic mass is 10.2. The van der Waals surface area contributed by atoms with Crippen LogP contribution in [0.3, 0.4) is 0 Å². The fourth-order valence-corrected chi connectivity index (χ4v) is 3.59. The molecule has 3 rings (SSSR count). The summed E-state index contributed by atoms with van der Waals surface area (Å²) in [6.45, 7) is 0.254. The van der Waals surface area contributed by atoms with Crippen LogP contribution in [0.2, 0.25) is 0 Å². The molecule has 2 aromatic heterocycles. The van der Waals surface area contributed by atoms with Crippen molar-refractivity contribution in [3.8, 4) is 10.6 Å². The Morgan fingerprint density at radius 1 is 1.39 bits per heavy atom. The van der Waals surface area contributed by atoms with Crippen molar-refractivity contribution in [3.63, 3.8) is 0 Å².